The van der Waals surface area contributed by atoms with E-state index in [1.165, 1.54) is 0 Å². The average molecular weight is 445 g/mol. The maximum absolute atomic E-state index is 10.5. The van der Waals surface area contributed by atoms with Crippen LogP contribution in [0.3, 0.4) is 0 Å². The van der Waals surface area contributed by atoms with E-state index in [1.54, 1.807) is 7.11 Å². The minimum Gasteiger partial charge on any atom is -0.507 e. The summed E-state index contributed by atoms with van der Waals surface area (Å²) in [6.45, 7) is 0. The molecule has 1 N–H and O–H groups in total. The van der Waals surface area contributed by atoms with Crippen molar-refractivity contribution in [2.45, 2.75) is 12.8 Å². The first kappa shape index (κ1) is 14.8. The van der Waals surface area contributed by atoms with Crippen molar-refractivity contribution in [2.24, 2.45) is 0 Å². The van der Waals surface area contributed by atoms with Crippen LogP contribution < -0.4 is 4.74 Å². The molecule has 20 heavy (non-hydrogen) atoms. The molecule has 2 aromatic carbocycles. The number of hydrogen-bond donors (Lipinski definition) is 1. The van der Waals surface area contributed by atoms with Crippen molar-refractivity contribution in [2.75, 3.05) is 7.11 Å². The zero-order chi connectivity index (χ0) is 13.2. The van der Waals surface area contributed by atoms with Crippen LogP contribution in [0, 0.1) is 0 Å². The summed E-state index contributed by atoms with van der Waals surface area (Å²) in [5, 5.41) is 10.5. The van der Waals surface area contributed by atoms with Gasteiger partial charge in [0.05, 0.1) is 7.11 Å². The molecule has 1 radical (unpaired) electrons. The van der Waals surface area contributed by atoms with E-state index >= 15 is 0 Å². The third kappa shape index (κ3) is 2.65. The second-order valence-electron chi connectivity index (χ2n) is 4.72. The second-order valence-corrected chi connectivity index (χ2v) is 4.72. The summed E-state index contributed by atoms with van der Waals surface area (Å²) >= 11 is 0. The molecule has 0 bridgehead atoms. The minimum absolute atomic E-state index is 0. The molecule has 0 fully saturated rings. The van der Waals surface area contributed by atoms with Gasteiger partial charge in [0.1, 0.15) is 11.5 Å². The molecule has 3 heteroatoms. The number of methoxy groups -OCH3 is 1. The van der Waals surface area contributed by atoms with Gasteiger partial charge in [-0.25, -0.2) is 0 Å². The van der Waals surface area contributed by atoms with Gasteiger partial charge in [0.25, 0.3) is 0 Å². The molecule has 2 aromatic rings. The third-order valence-corrected chi connectivity index (χ3v) is 3.62. The Morgan fingerprint density at radius 1 is 1.00 bits per heavy atom. The molecule has 1 aliphatic carbocycles. The van der Waals surface area contributed by atoms with Crippen molar-refractivity contribution in [1.82, 2.24) is 0 Å². The molecule has 105 valence electrons. The van der Waals surface area contributed by atoms with Crippen LogP contribution in [0.1, 0.15) is 23.1 Å². The van der Waals surface area contributed by atoms with Crippen molar-refractivity contribution in [3.8, 4) is 5.75 Å². The molecule has 0 aromatic heterocycles. The Hall–Kier alpha value is -1.57. The summed E-state index contributed by atoms with van der Waals surface area (Å²) < 4.78 is 5.23. The Morgan fingerprint density at radius 2 is 1.75 bits per heavy atom. The fourth-order valence-corrected chi connectivity index (χ4v) is 2.60. The van der Waals surface area contributed by atoms with Gasteiger partial charge >= 0.3 is 0 Å². The fourth-order valence-electron chi connectivity index (χ4n) is 2.60. The summed E-state index contributed by atoms with van der Waals surface area (Å²) in [5.41, 5.74) is 4.20. The van der Waals surface area contributed by atoms with Crippen molar-refractivity contribution in [3.63, 3.8) is 0 Å². The van der Waals surface area contributed by atoms with Gasteiger partial charge in [-0.2, -0.15) is 0 Å². The smallest absolute Gasteiger partial charge is 0.126 e. The van der Waals surface area contributed by atoms with E-state index in [4.69, 9.17) is 4.74 Å². The third-order valence-electron chi connectivity index (χ3n) is 3.62. The molecule has 3 rings (SSSR count). The van der Waals surface area contributed by atoms with Crippen LogP contribution in [0.25, 0.3) is 11.3 Å². The first-order chi connectivity index (χ1) is 9.29. The van der Waals surface area contributed by atoms with Crippen LogP contribution in [-0.4, -0.2) is 12.2 Å². The van der Waals surface area contributed by atoms with E-state index in [9.17, 15) is 5.11 Å². The van der Waals surface area contributed by atoms with E-state index in [1.807, 2.05) is 48.5 Å². The SMILES string of the molecule is COc1ccc2c(c1)CCC(c1ccccc1)=C2O.[Ir]. The second kappa shape index (κ2) is 6.25. The summed E-state index contributed by atoms with van der Waals surface area (Å²) in [4.78, 5) is 0. The number of allylic oxidation sites excluding steroid dienone is 1. The number of aryl methyl sites for hydroxylation is 1. The Bertz CT molecular complexity index is 633. The normalized spacial score (nSPS) is 13.4. The Kier molecular flexibility index (Phi) is 4.64. The van der Waals surface area contributed by atoms with Gasteiger partial charge < -0.3 is 9.84 Å². The van der Waals surface area contributed by atoms with E-state index in [-0.39, 0.29) is 20.1 Å². The molecule has 1 aliphatic rings. The monoisotopic (exact) mass is 445 g/mol. The molecule has 0 amide bonds. The van der Waals surface area contributed by atoms with Crippen LogP contribution in [0.2, 0.25) is 0 Å². The number of aliphatic hydroxyl groups is 1. The van der Waals surface area contributed by atoms with Gasteiger partial charge in [0.15, 0.2) is 0 Å². The zero-order valence-corrected chi connectivity index (χ0v) is 13.6. The average Bonchev–Trinajstić information content (AvgIpc) is 2.48. The number of rotatable bonds is 2. The van der Waals surface area contributed by atoms with E-state index in [0.717, 1.165) is 40.9 Å². The van der Waals surface area contributed by atoms with Crippen molar-refractivity contribution in [3.05, 3.63) is 65.2 Å². The molecular weight excluding hydrogens is 428 g/mol. The molecule has 0 saturated carbocycles. The zero-order valence-electron chi connectivity index (χ0n) is 11.2. The molecule has 0 unspecified atom stereocenters. The summed E-state index contributed by atoms with van der Waals surface area (Å²) in [6, 6.07) is 15.9. The van der Waals surface area contributed by atoms with E-state index in [0.29, 0.717) is 5.76 Å². The Labute approximate surface area is 132 Å². The standard InChI is InChI=1S/C17H16O2.Ir/c1-19-14-8-10-16-13(11-14)7-9-15(17(16)18)12-5-3-2-4-6-12;/h2-6,8,10-11,18H,7,9H2,1H3;. The number of hydrogen-bond acceptors (Lipinski definition) is 2. The largest absolute Gasteiger partial charge is 0.507 e. The fraction of sp³-hybridized carbons (Fsp3) is 0.176. The number of ether oxygens (including phenoxy) is 1. The summed E-state index contributed by atoms with van der Waals surface area (Å²) in [7, 11) is 1.66. The maximum Gasteiger partial charge on any atom is 0.126 e. The molecule has 0 aliphatic heterocycles. The van der Waals surface area contributed by atoms with Crippen molar-refractivity contribution >= 4 is 11.3 Å². The Balaban J connectivity index is 0.00000147. The van der Waals surface area contributed by atoms with Crippen LogP contribution in [0.5, 0.6) is 5.75 Å². The Morgan fingerprint density at radius 3 is 2.45 bits per heavy atom. The summed E-state index contributed by atoms with van der Waals surface area (Å²) in [6.07, 6.45) is 1.79. The van der Waals surface area contributed by atoms with Crippen molar-refractivity contribution in [1.29, 1.82) is 0 Å². The first-order valence-electron chi connectivity index (χ1n) is 6.44. The van der Waals surface area contributed by atoms with Gasteiger partial charge in [0, 0.05) is 31.2 Å². The van der Waals surface area contributed by atoms with Crippen molar-refractivity contribution < 1.29 is 29.9 Å². The molecule has 0 spiro atoms. The summed E-state index contributed by atoms with van der Waals surface area (Å²) in [5.74, 6) is 1.24. The molecule has 0 atom stereocenters. The van der Waals surface area contributed by atoms with Crippen LogP contribution in [-0.2, 0) is 26.5 Å². The predicted octanol–water partition coefficient (Wildman–Crippen LogP) is 4.07. The van der Waals surface area contributed by atoms with Crippen LogP contribution in [0.15, 0.2) is 48.5 Å². The van der Waals surface area contributed by atoms with Crippen LogP contribution in [0.4, 0.5) is 0 Å². The van der Waals surface area contributed by atoms with Gasteiger partial charge in [-0.1, -0.05) is 30.3 Å². The number of benzene rings is 2. The van der Waals surface area contributed by atoms with Gasteiger partial charge in [-0.15, -0.1) is 0 Å². The van der Waals surface area contributed by atoms with E-state index in [2.05, 4.69) is 0 Å². The maximum atomic E-state index is 10.5. The molecular formula is C17H16IrO2. The minimum atomic E-state index is 0. The van der Waals surface area contributed by atoms with E-state index < -0.39 is 0 Å². The van der Waals surface area contributed by atoms with Gasteiger partial charge in [-0.3, -0.25) is 0 Å². The molecule has 0 heterocycles. The number of fused-ring (bicyclic) bond motifs is 1. The topological polar surface area (TPSA) is 29.5 Å². The first-order valence-corrected chi connectivity index (χ1v) is 6.44. The molecule has 0 saturated heterocycles. The molecule has 2 nitrogen and oxygen atoms in total. The quantitative estimate of drug-likeness (QED) is 0.757. The predicted molar refractivity (Wildman–Crippen MR) is 77.2 cm³/mol. The number of aliphatic hydroxyl groups excluding tert-OH is 1. The van der Waals surface area contributed by atoms with Gasteiger partial charge in [-0.05, 0) is 42.2 Å². The van der Waals surface area contributed by atoms with Crippen LogP contribution >= 0.6 is 0 Å². The van der Waals surface area contributed by atoms with Gasteiger partial charge in [0.2, 0.25) is 0 Å².